The fraction of sp³-hybridized carbons (Fsp3) is 0.389. The molecule has 3 aromatic rings. The molecule has 0 aliphatic heterocycles. The van der Waals surface area contributed by atoms with Crippen LogP contribution in [0.15, 0.2) is 30.9 Å². The van der Waals surface area contributed by atoms with Crippen LogP contribution in [0.2, 0.25) is 0 Å². The first-order chi connectivity index (χ1) is 12.6. The summed E-state index contributed by atoms with van der Waals surface area (Å²) in [5.41, 5.74) is 1.45. The smallest absolute Gasteiger partial charge is 0.270 e. The van der Waals surface area contributed by atoms with Gasteiger partial charge in [0.2, 0.25) is 5.95 Å². The number of anilines is 2. The Morgan fingerprint density at radius 1 is 1.19 bits per heavy atom. The molecule has 1 saturated carbocycles. The van der Waals surface area contributed by atoms with Gasteiger partial charge in [-0.05, 0) is 18.9 Å². The molecule has 3 heterocycles. The van der Waals surface area contributed by atoms with Crippen LogP contribution in [0, 0.1) is 0 Å². The molecule has 1 fully saturated rings. The molecule has 0 unspecified atom stereocenters. The second-order valence-corrected chi connectivity index (χ2v) is 6.73. The molecule has 0 saturated heterocycles. The molecule has 8 heteroatoms. The summed E-state index contributed by atoms with van der Waals surface area (Å²) in [7, 11) is 3.54. The summed E-state index contributed by atoms with van der Waals surface area (Å²) in [6, 6.07) is 2.19. The Labute approximate surface area is 151 Å². The highest BCUT2D eigenvalue weighted by atomic mass is 16.2. The second-order valence-electron chi connectivity index (χ2n) is 6.73. The van der Waals surface area contributed by atoms with Crippen LogP contribution in [0.4, 0.5) is 11.8 Å². The van der Waals surface area contributed by atoms with Crippen molar-refractivity contribution < 1.29 is 4.79 Å². The number of nitrogens with zero attached hydrogens (tertiary/aromatic N) is 6. The van der Waals surface area contributed by atoms with Gasteiger partial charge in [-0.25, -0.2) is 9.97 Å². The third-order valence-corrected chi connectivity index (χ3v) is 4.69. The predicted molar refractivity (Wildman–Crippen MR) is 98.4 cm³/mol. The van der Waals surface area contributed by atoms with Gasteiger partial charge >= 0.3 is 0 Å². The van der Waals surface area contributed by atoms with Gasteiger partial charge in [0.15, 0.2) is 5.82 Å². The molecule has 8 nitrogen and oxygen atoms in total. The zero-order valence-electron chi connectivity index (χ0n) is 14.9. The Bertz CT molecular complexity index is 929. The van der Waals surface area contributed by atoms with Crippen LogP contribution in [-0.4, -0.2) is 49.4 Å². The van der Waals surface area contributed by atoms with E-state index in [-0.39, 0.29) is 5.91 Å². The summed E-state index contributed by atoms with van der Waals surface area (Å²) < 4.78 is 2.09. The molecule has 0 bridgehead atoms. The van der Waals surface area contributed by atoms with E-state index >= 15 is 0 Å². The molecule has 3 aromatic heterocycles. The van der Waals surface area contributed by atoms with Crippen molar-refractivity contribution >= 4 is 28.7 Å². The zero-order valence-corrected chi connectivity index (χ0v) is 14.9. The standard InChI is InChI=1S/C18H21N7O/c1-24(2)17(26)14-9-12-10-21-18(22-15-11-19-7-8-20-15)23-16(12)25(14)13-5-3-4-6-13/h7-11,13H,3-6H2,1-2H3,(H,20,21,22,23). The highest BCUT2D eigenvalue weighted by Gasteiger charge is 2.26. The van der Waals surface area contributed by atoms with Crippen LogP contribution in [0.25, 0.3) is 11.0 Å². The quantitative estimate of drug-likeness (QED) is 0.777. The van der Waals surface area contributed by atoms with Crippen molar-refractivity contribution in [2.24, 2.45) is 0 Å². The number of rotatable bonds is 4. The van der Waals surface area contributed by atoms with Crippen LogP contribution < -0.4 is 5.32 Å². The van der Waals surface area contributed by atoms with E-state index in [1.165, 1.54) is 12.8 Å². The van der Waals surface area contributed by atoms with Gasteiger partial charge in [-0.2, -0.15) is 4.98 Å². The highest BCUT2D eigenvalue weighted by molar-refractivity contribution is 5.97. The van der Waals surface area contributed by atoms with E-state index in [0.29, 0.717) is 23.5 Å². The minimum Gasteiger partial charge on any atom is -0.343 e. The van der Waals surface area contributed by atoms with Crippen LogP contribution in [0.5, 0.6) is 0 Å². The third kappa shape index (κ3) is 2.98. The topological polar surface area (TPSA) is 88.8 Å². The summed E-state index contributed by atoms with van der Waals surface area (Å²) in [6.45, 7) is 0. The Morgan fingerprint density at radius 3 is 2.69 bits per heavy atom. The molecule has 0 aromatic carbocycles. The van der Waals surface area contributed by atoms with E-state index in [1.807, 2.05) is 6.07 Å². The number of carbonyl (C=O) groups excluding carboxylic acids is 1. The van der Waals surface area contributed by atoms with Crippen LogP contribution in [-0.2, 0) is 0 Å². The largest absolute Gasteiger partial charge is 0.343 e. The average molecular weight is 351 g/mol. The van der Waals surface area contributed by atoms with Gasteiger partial charge in [0, 0.05) is 44.1 Å². The number of carbonyl (C=O) groups is 1. The van der Waals surface area contributed by atoms with Crippen molar-refractivity contribution in [3.8, 4) is 0 Å². The predicted octanol–water partition coefficient (Wildman–Crippen LogP) is 2.78. The molecule has 0 spiro atoms. The maximum atomic E-state index is 12.7. The SMILES string of the molecule is CN(C)C(=O)c1cc2cnc(Nc3cnccn3)nc2n1C1CCCC1. The zero-order chi connectivity index (χ0) is 18.1. The number of fused-ring (bicyclic) bond motifs is 1. The summed E-state index contributed by atoms with van der Waals surface area (Å²) in [6.07, 6.45) is 11.1. The Morgan fingerprint density at radius 2 is 2.00 bits per heavy atom. The Kier molecular flexibility index (Phi) is 4.24. The first-order valence-corrected chi connectivity index (χ1v) is 8.76. The Hall–Kier alpha value is -3.03. The maximum Gasteiger partial charge on any atom is 0.270 e. The van der Waals surface area contributed by atoms with Crippen molar-refractivity contribution in [1.82, 2.24) is 29.4 Å². The van der Waals surface area contributed by atoms with E-state index in [0.717, 1.165) is 23.9 Å². The fourth-order valence-corrected chi connectivity index (χ4v) is 3.47. The van der Waals surface area contributed by atoms with Gasteiger partial charge in [0.1, 0.15) is 11.3 Å². The van der Waals surface area contributed by atoms with Gasteiger partial charge in [0.25, 0.3) is 5.91 Å². The van der Waals surface area contributed by atoms with E-state index in [2.05, 4.69) is 29.8 Å². The number of hydrogen-bond acceptors (Lipinski definition) is 6. The first kappa shape index (κ1) is 16.4. The Balaban J connectivity index is 1.80. The lowest BCUT2D eigenvalue weighted by molar-refractivity contribution is 0.0815. The van der Waals surface area contributed by atoms with Crippen LogP contribution >= 0.6 is 0 Å². The average Bonchev–Trinajstić information content (AvgIpc) is 3.28. The summed E-state index contributed by atoms with van der Waals surface area (Å²) in [5.74, 6) is 1.01. The molecule has 0 radical (unpaired) electrons. The van der Waals surface area contributed by atoms with Crippen molar-refractivity contribution in [3.05, 3.63) is 36.5 Å². The third-order valence-electron chi connectivity index (χ3n) is 4.69. The molecule has 1 N–H and O–H groups in total. The molecular formula is C18H21N7O. The fourth-order valence-electron chi connectivity index (χ4n) is 3.47. The van der Waals surface area contributed by atoms with Gasteiger partial charge in [-0.1, -0.05) is 12.8 Å². The molecule has 1 amide bonds. The van der Waals surface area contributed by atoms with Gasteiger partial charge in [-0.3, -0.25) is 9.78 Å². The van der Waals surface area contributed by atoms with E-state index in [1.54, 1.807) is 43.8 Å². The van der Waals surface area contributed by atoms with Crippen LogP contribution in [0.3, 0.4) is 0 Å². The van der Waals surface area contributed by atoms with Crippen molar-refractivity contribution in [1.29, 1.82) is 0 Å². The molecule has 4 rings (SSSR count). The summed E-state index contributed by atoms with van der Waals surface area (Å²) in [5, 5.41) is 3.94. The van der Waals surface area contributed by atoms with Crippen molar-refractivity contribution in [2.45, 2.75) is 31.7 Å². The minimum atomic E-state index is -0.0154. The lowest BCUT2D eigenvalue weighted by Crippen LogP contribution is -2.25. The van der Waals surface area contributed by atoms with E-state index in [4.69, 9.17) is 0 Å². The maximum absolute atomic E-state index is 12.7. The molecular weight excluding hydrogens is 330 g/mol. The summed E-state index contributed by atoms with van der Waals surface area (Å²) >= 11 is 0. The number of nitrogens with one attached hydrogen (secondary N) is 1. The molecule has 26 heavy (non-hydrogen) atoms. The number of amides is 1. The van der Waals surface area contributed by atoms with Gasteiger partial charge < -0.3 is 14.8 Å². The van der Waals surface area contributed by atoms with E-state index in [9.17, 15) is 4.79 Å². The molecule has 0 atom stereocenters. The molecule has 134 valence electrons. The number of aromatic nitrogens is 5. The first-order valence-electron chi connectivity index (χ1n) is 8.76. The number of hydrogen-bond donors (Lipinski definition) is 1. The highest BCUT2D eigenvalue weighted by Crippen LogP contribution is 2.34. The second kappa shape index (κ2) is 6.70. The van der Waals surface area contributed by atoms with Crippen LogP contribution in [0.1, 0.15) is 42.2 Å². The van der Waals surface area contributed by atoms with E-state index < -0.39 is 0 Å². The van der Waals surface area contributed by atoms with Crippen molar-refractivity contribution in [3.63, 3.8) is 0 Å². The lowest BCUT2D eigenvalue weighted by atomic mass is 10.2. The normalized spacial score (nSPS) is 14.7. The monoisotopic (exact) mass is 351 g/mol. The molecule has 1 aliphatic rings. The van der Waals surface area contributed by atoms with Crippen molar-refractivity contribution in [2.75, 3.05) is 19.4 Å². The minimum absolute atomic E-state index is 0.0154. The van der Waals surface area contributed by atoms with Gasteiger partial charge in [-0.15, -0.1) is 0 Å². The lowest BCUT2D eigenvalue weighted by Gasteiger charge is -2.19. The summed E-state index contributed by atoms with van der Waals surface area (Å²) in [4.78, 5) is 31.6. The molecule has 1 aliphatic carbocycles. The van der Waals surface area contributed by atoms with Gasteiger partial charge in [0.05, 0.1) is 6.20 Å².